The van der Waals surface area contributed by atoms with E-state index >= 15 is 0 Å². The van der Waals surface area contributed by atoms with Gasteiger partial charge in [0.15, 0.2) is 5.13 Å². The Morgan fingerprint density at radius 3 is 2.27 bits per heavy atom. The van der Waals surface area contributed by atoms with Gasteiger partial charge in [0.05, 0.1) is 11.3 Å². The number of rotatable bonds is 2. The lowest BCUT2D eigenvalue weighted by Crippen LogP contribution is -2.44. The van der Waals surface area contributed by atoms with Crippen LogP contribution in [0.15, 0.2) is 29.6 Å². The number of benzene rings is 1. The summed E-state index contributed by atoms with van der Waals surface area (Å²) >= 11 is 1.54. The van der Waals surface area contributed by atoms with Crippen LogP contribution in [0.5, 0.6) is 0 Å². The maximum absolute atomic E-state index is 12.6. The number of hydrogen-bond donors (Lipinski definition) is 0. The molecule has 1 saturated heterocycles. The summed E-state index contributed by atoms with van der Waals surface area (Å²) in [6.07, 6.45) is -4.30. The van der Waals surface area contributed by atoms with Crippen molar-refractivity contribution in [2.24, 2.45) is 0 Å². The number of thiazole rings is 1. The van der Waals surface area contributed by atoms with Crippen molar-refractivity contribution in [1.82, 2.24) is 9.88 Å². The van der Waals surface area contributed by atoms with Gasteiger partial charge in [0.25, 0.3) is 0 Å². The fourth-order valence-corrected chi connectivity index (χ4v) is 3.26. The molecule has 0 N–H and O–H groups in total. The van der Waals surface area contributed by atoms with E-state index in [0.717, 1.165) is 49.1 Å². The SMILES string of the molecule is CN1CCN(c2nc(-c3ccc(C(F)(F)F)cc3)cs2)CC1. The van der Waals surface area contributed by atoms with Gasteiger partial charge in [0.1, 0.15) is 0 Å². The first kappa shape index (κ1) is 15.3. The average molecular weight is 327 g/mol. The van der Waals surface area contributed by atoms with Crippen LogP contribution in [-0.4, -0.2) is 43.1 Å². The normalized spacial score (nSPS) is 17.0. The van der Waals surface area contributed by atoms with E-state index in [4.69, 9.17) is 0 Å². The Bertz CT molecular complexity index is 628. The van der Waals surface area contributed by atoms with Crippen LogP contribution in [0.3, 0.4) is 0 Å². The van der Waals surface area contributed by atoms with Gasteiger partial charge < -0.3 is 9.80 Å². The standard InChI is InChI=1S/C15H16F3N3S/c1-20-6-8-21(9-7-20)14-19-13(10-22-14)11-2-4-12(5-3-11)15(16,17)18/h2-5,10H,6-9H2,1H3. The second-order valence-electron chi connectivity index (χ2n) is 5.38. The van der Waals surface area contributed by atoms with Crippen LogP contribution in [0.4, 0.5) is 18.3 Å². The van der Waals surface area contributed by atoms with Gasteiger partial charge in [-0.25, -0.2) is 4.98 Å². The van der Waals surface area contributed by atoms with Gasteiger partial charge in [-0.2, -0.15) is 13.2 Å². The summed E-state index contributed by atoms with van der Waals surface area (Å²) in [4.78, 5) is 9.05. The fraction of sp³-hybridized carbons (Fsp3) is 0.400. The lowest BCUT2D eigenvalue weighted by molar-refractivity contribution is -0.137. The van der Waals surface area contributed by atoms with Crippen molar-refractivity contribution in [1.29, 1.82) is 0 Å². The number of aromatic nitrogens is 1. The highest BCUT2D eigenvalue weighted by atomic mass is 32.1. The minimum atomic E-state index is -4.30. The van der Waals surface area contributed by atoms with Crippen LogP contribution in [0, 0.1) is 0 Å². The molecule has 0 spiro atoms. The molecule has 0 radical (unpaired) electrons. The molecule has 0 unspecified atom stereocenters. The molecule has 0 bridgehead atoms. The van der Waals surface area contributed by atoms with Crippen LogP contribution in [0.1, 0.15) is 5.56 Å². The summed E-state index contributed by atoms with van der Waals surface area (Å²) in [7, 11) is 2.09. The molecule has 1 aliphatic rings. The van der Waals surface area contributed by atoms with E-state index in [1.165, 1.54) is 23.5 Å². The monoisotopic (exact) mass is 327 g/mol. The van der Waals surface area contributed by atoms with Crippen LogP contribution >= 0.6 is 11.3 Å². The molecule has 0 saturated carbocycles. The first-order valence-electron chi connectivity index (χ1n) is 7.00. The van der Waals surface area contributed by atoms with Crippen LogP contribution < -0.4 is 4.90 Å². The molecule has 1 aliphatic heterocycles. The number of piperazine rings is 1. The van der Waals surface area contributed by atoms with Gasteiger partial charge in [0, 0.05) is 37.1 Å². The molecule has 0 aliphatic carbocycles. The van der Waals surface area contributed by atoms with Gasteiger partial charge in [-0.3, -0.25) is 0 Å². The molecule has 22 heavy (non-hydrogen) atoms. The van der Waals surface area contributed by atoms with Gasteiger partial charge in [0.2, 0.25) is 0 Å². The summed E-state index contributed by atoms with van der Waals surface area (Å²) in [6.45, 7) is 3.84. The summed E-state index contributed by atoms with van der Waals surface area (Å²) in [5.41, 5.74) is 0.808. The van der Waals surface area contributed by atoms with Crippen LogP contribution in [-0.2, 0) is 6.18 Å². The number of hydrogen-bond acceptors (Lipinski definition) is 4. The molecule has 2 heterocycles. The third-order valence-electron chi connectivity index (χ3n) is 3.77. The first-order chi connectivity index (χ1) is 10.4. The zero-order valence-corrected chi connectivity index (χ0v) is 12.9. The molecule has 1 aromatic heterocycles. The summed E-state index contributed by atoms with van der Waals surface area (Å²) < 4.78 is 37.7. The second-order valence-corrected chi connectivity index (χ2v) is 6.22. The molecule has 0 atom stereocenters. The average Bonchev–Trinajstić information content (AvgIpc) is 2.97. The smallest absolute Gasteiger partial charge is 0.346 e. The van der Waals surface area contributed by atoms with E-state index < -0.39 is 11.7 Å². The van der Waals surface area contributed by atoms with Crippen molar-refractivity contribution < 1.29 is 13.2 Å². The Balaban J connectivity index is 1.76. The predicted octanol–water partition coefficient (Wildman–Crippen LogP) is 3.58. The summed E-state index contributed by atoms with van der Waals surface area (Å²) in [5, 5.41) is 2.83. The van der Waals surface area contributed by atoms with Crippen molar-refractivity contribution in [2.45, 2.75) is 6.18 Å². The highest BCUT2D eigenvalue weighted by Gasteiger charge is 2.30. The van der Waals surface area contributed by atoms with E-state index in [1.807, 2.05) is 5.38 Å². The number of anilines is 1. The molecule has 3 nitrogen and oxygen atoms in total. The minimum Gasteiger partial charge on any atom is -0.346 e. The van der Waals surface area contributed by atoms with Crippen LogP contribution in [0.2, 0.25) is 0 Å². The van der Waals surface area contributed by atoms with E-state index in [1.54, 1.807) is 0 Å². The topological polar surface area (TPSA) is 19.4 Å². The highest BCUT2D eigenvalue weighted by Crippen LogP contribution is 2.32. The predicted molar refractivity (Wildman–Crippen MR) is 82.3 cm³/mol. The fourth-order valence-electron chi connectivity index (χ4n) is 2.37. The van der Waals surface area contributed by atoms with E-state index in [9.17, 15) is 13.2 Å². The van der Waals surface area contributed by atoms with Gasteiger partial charge >= 0.3 is 6.18 Å². The molecule has 2 aromatic rings. The van der Waals surface area contributed by atoms with Crippen molar-refractivity contribution in [3.63, 3.8) is 0 Å². The minimum absolute atomic E-state index is 0.634. The molecule has 1 fully saturated rings. The Morgan fingerprint density at radius 2 is 1.68 bits per heavy atom. The number of halogens is 3. The molecule has 1 aromatic carbocycles. The molecule has 118 valence electrons. The van der Waals surface area contributed by atoms with Gasteiger partial charge in [-0.1, -0.05) is 12.1 Å². The first-order valence-corrected chi connectivity index (χ1v) is 7.88. The Morgan fingerprint density at radius 1 is 1.05 bits per heavy atom. The Kier molecular flexibility index (Phi) is 4.10. The van der Waals surface area contributed by atoms with E-state index in [-0.39, 0.29) is 0 Å². The highest BCUT2D eigenvalue weighted by molar-refractivity contribution is 7.14. The van der Waals surface area contributed by atoms with Crippen molar-refractivity contribution in [2.75, 3.05) is 38.1 Å². The summed E-state index contributed by atoms with van der Waals surface area (Å²) in [6, 6.07) is 5.16. The Labute approximate surface area is 131 Å². The van der Waals surface area contributed by atoms with E-state index in [0.29, 0.717) is 5.56 Å². The second kappa shape index (κ2) is 5.89. The zero-order valence-electron chi connectivity index (χ0n) is 12.1. The van der Waals surface area contributed by atoms with Crippen molar-refractivity contribution in [3.8, 4) is 11.3 Å². The molecule has 7 heteroatoms. The van der Waals surface area contributed by atoms with E-state index in [2.05, 4.69) is 21.8 Å². The van der Waals surface area contributed by atoms with Crippen molar-refractivity contribution in [3.05, 3.63) is 35.2 Å². The third kappa shape index (κ3) is 3.25. The Hall–Kier alpha value is -1.60. The maximum Gasteiger partial charge on any atom is 0.416 e. The van der Waals surface area contributed by atoms with Crippen molar-refractivity contribution >= 4 is 16.5 Å². The zero-order chi connectivity index (χ0) is 15.7. The number of alkyl halides is 3. The molecule has 0 amide bonds. The quantitative estimate of drug-likeness (QED) is 0.840. The lowest BCUT2D eigenvalue weighted by Gasteiger charge is -2.32. The molecular weight excluding hydrogens is 311 g/mol. The van der Waals surface area contributed by atoms with Gasteiger partial charge in [-0.15, -0.1) is 11.3 Å². The summed E-state index contributed by atoms with van der Waals surface area (Å²) in [5.74, 6) is 0. The van der Waals surface area contributed by atoms with Gasteiger partial charge in [-0.05, 0) is 19.2 Å². The lowest BCUT2D eigenvalue weighted by atomic mass is 10.1. The molecule has 3 rings (SSSR count). The number of likely N-dealkylation sites (N-methyl/N-ethyl adjacent to an activating group) is 1. The van der Waals surface area contributed by atoms with Crippen LogP contribution in [0.25, 0.3) is 11.3 Å². The largest absolute Gasteiger partial charge is 0.416 e. The third-order valence-corrected chi connectivity index (χ3v) is 4.68. The number of nitrogens with zero attached hydrogens (tertiary/aromatic N) is 3. The molecular formula is C15H16F3N3S. The maximum atomic E-state index is 12.6.